The van der Waals surface area contributed by atoms with E-state index < -0.39 is 0 Å². The van der Waals surface area contributed by atoms with Gasteiger partial charge in [-0.2, -0.15) is 0 Å². The Hall–Kier alpha value is -2.99. The first-order valence-corrected chi connectivity index (χ1v) is 10.2. The van der Waals surface area contributed by atoms with E-state index >= 15 is 0 Å². The van der Waals surface area contributed by atoms with E-state index in [1.807, 2.05) is 24.3 Å². The maximum atomic E-state index is 10.2. The molecule has 1 aliphatic heterocycles. The molecule has 0 atom stereocenters. The predicted molar refractivity (Wildman–Crippen MR) is 113 cm³/mol. The molecule has 1 spiro atoms. The van der Waals surface area contributed by atoms with Gasteiger partial charge in [0.1, 0.15) is 11.3 Å². The van der Waals surface area contributed by atoms with Crippen LogP contribution in [0.1, 0.15) is 38.0 Å². The number of hydrogen-bond acceptors (Lipinski definition) is 6. The third-order valence-corrected chi connectivity index (χ3v) is 5.78. The molecule has 6 heteroatoms. The Bertz CT molecular complexity index is 1170. The summed E-state index contributed by atoms with van der Waals surface area (Å²) in [5.41, 5.74) is 4.83. The third-order valence-electron chi connectivity index (χ3n) is 5.78. The number of piperidine rings is 1. The molecule has 2 N–H and O–H groups in total. The lowest BCUT2D eigenvalue weighted by Crippen LogP contribution is -2.35. The van der Waals surface area contributed by atoms with Gasteiger partial charge < -0.3 is 14.8 Å². The summed E-state index contributed by atoms with van der Waals surface area (Å²) in [4.78, 5) is 13.0. The van der Waals surface area contributed by atoms with Gasteiger partial charge in [0.15, 0.2) is 11.5 Å². The Kier molecular flexibility index (Phi) is 4.43. The van der Waals surface area contributed by atoms with E-state index in [1.165, 1.54) is 38.6 Å². The fraction of sp³-hybridized carbons (Fsp3) is 0.348. The highest BCUT2D eigenvalue weighted by atomic mass is 16.3. The molecule has 6 nitrogen and oxygen atoms in total. The summed E-state index contributed by atoms with van der Waals surface area (Å²) >= 11 is 0. The number of pyridine rings is 2. The number of fused-ring (bicyclic) bond motifs is 2. The fourth-order valence-corrected chi connectivity index (χ4v) is 4.00. The van der Waals surface area contributed by atoms with Crippen molar-refractivity contribution in [2.24, 2.45) is 0 Å². The van der Waals surface area contributed by atoms with E-state index in [0.717, 1.165) is 11.0 Å². The van der Waals surface area contributed by atoms with Gasteiger partial charge in [0.05, 0.1) is 16.7 Å². The summed E-state index contributed by atoms with van der Waals surface area (Å²) in [6, 6.07) is 10.8. The van der Waals surface area contributed by atoms with E-state index in [1.54, 1.807) is 25.3 Å². The number of nitrogens with one attached hydrogen (secondary N) is 1. The molecule has 0 bridgehead atoms. The van der Waals surface area contributed by atoms with Crippen LogP contribution >= 0.6 is 0 Å². The van der Waals surface area contributed by atoms with Crippen LogP contribution in [-0.2, 0) is 0 Å². The third kappa shape index (κ3) is 3.68. The Labute approximate surface area is 169 Å². The zero-order valence-electron chi connectivity index (χ0n) is 16.5. The average Bonchev–Trinajstić information content (AvgIpc) is 3.38. The van der Waals surface area contributed by atoms with E-state index in [0.29, 0.717) is 33.8 Å². The minimum Gasteiger partial charge on any atom is -0.507 e. The highest BCUT2D eigenvalue weighted by molar-refractivity contribution is 5.85. The molecule has 4 aromatic rings. The second kappa shape index (κ2) is 7.12. The number of hydrogen-bond donors (Lipinski definition) is 2. The largest absolute Gasteiger partial charge is 0.507 e. The summed E-state index contributed by atoms with van der Waals surface area (Å²) in [5.74, 6) is 0.698. The lowest BCUT2D eigenvalue weighted by molar-refractivity contribution is 0.385. The summed E-state index contributed by atoms with van der Waals surface area (Å²) < 4.78 is 5.51. The topological polar surface area (TPSA) is 84.1 Å². The van der Waals surface area contributed by atoms with Crippen molar-refractivity contribution < 1.29 is 9.52 Å². The Morgan fingerprint density at radius 3 is 2.66 bits per heavy atom. The number of aromatic nitrogens is 3. The van der Waals surface area contributed by atoms with Crippen molar-refractivity contribution >= 4 is 22.1 Å². The molecule has 0 amide bonds. The van der Waals surface area contributed by atoms with Gasteiger partial charge in [-0.05, 0) is 62.6 Å². The molecular weight excluding hydrogens is 364 g/mol. The number of oxazole rings is 1. The SMILES string of the molecule is C1CCC2(CC2)NC1.Cc1nc2cc(O)c(-c3ccc4ncccc4n3)cc2o1. The number of phenols is 1. The van der Waals surface area contributed by atoms with Gasteiger partial charge in [0.2, 0.25) is 0 Å². The van der Waals surface area contributed by atoms with Crippen molar-refractivity contribution in [3.63, 3.8) is 0 Å². The van der Waals surface area contributed by atoms with Crippen LogP contribution in [0.5, 0.6) is 5.75 Å². The molecule has 6 rings (SSSR count). The zero-order chi connectivity index (χ0) is 19.8. The molecule has 4 heterocycles. The van der Waals surface area contributed by atoms with Gasteiger partial charge in [-0.1, -0.05) is 6.42 Å². The number of aromatic hydroxyl groups is 1. The smallest absolute Gasteiger partial charge is 0.192 e. The molecule has 29 heavy (non-hydrogen) atoms. The second-order valence-corrected chi connectivity index (χ2v) is 7.97. The molecule has 0 unspecified atom stereocenters. The number of benzene rings is 1. The summed E-state index contributed by atoms with van der Waals surface area (Å²) in [5, 5.41) is 13.8. The number of phenolic OH excluding ortho intramolecular Hbond substituents is 1. The van der Waals surface area contributed by atoms with Crippen LogP contribution in [-0.4, -0.2) is 32.1 Å². The van der Waals surface area contributed by atoms with Crippen LogP contribution in [0.4, 0.5) is 0 Å². The highest BCUT2D eigenvalue weighted by Gasteiger charge is 2.42. The van der Waals surface area contributed by atoms with Crippen LogP contribution in [0, 0.1) is 6.92 Å². The van der Waals surface area contributed by atoms with E-state index in [9.17, 15) is 5.11 Å². The van der Waals surface area contributed by atoms with Gasteiger partial charge >= 0.3 is 0 Å². The molecule has 3 aromatic heterocycles. The standard InChI is InChI=1S/C16H11N3O2.C7H13N/c1-9-18-14-8-15(20)10(7-16(14)21-9)11-4-5-12-13(19-11)3-2-6-17-12;1-2-6-8-7(3-1)4-5-7/h2-8,20H,1H3;8H,1-6H2. The van der Waals surface area contributed by atoms with E-state index in [2.05, 4.69) is 20.3 Å². The molecule has 0 radical (unpaired) electrons. The maximum Gasteiger partial charge on any atom is 0.192 e. The van der Waals surface area contributed by atoms with Gasteiger partial charge in [0, 0.05) is 30.3 Å². The lowest BCUT2D eigenvalue weighted by atomic mass is 10.0. The van der Waals surface area contributed by atoms with Crippen LogP contribution in [0.25, 0.3) is 33.4 Å². The zero-order valence-corrected chi connectivity index (χ0v) is 16.5. The van der Waals surface area contributed by atoms with Crippen molar-refractivity contribution in [2.75, 3.05) is 6.54 Å². The average molecular weight is 388 g/mol. The molecule has 1 saturated heterocycles. The van der Waals surface area contributed by atoms with Gasteiger partial charge in [-0.3, -0.25) is 4.98 Å². The quantitative estimate of drug-likeness (QED) is 0.490. The van der Waals surface area contributed by atoms with Crippen molar-refractivity contribution in [3.05, 3.63) is 48.5 Å². The van der Waals surface area contributed by atoms with Gasteiger partial charge in [-0.15, -0.1) is 0 Å². The minimum atomic E-state index is 0.131. The Morgan fingerprint density at radius 1 is 1.00 bits per heavy atom. The molecule has 1 aromatic carbocycles. The Morgan fingerprint density at radius 2 is 1.90 bits per heavy atom. The number of aryl methyl sites for hydroxylation is 1. The van der Waals surface area contributed by atoms with Crippen molar-refractivity contribution in [1.29, 1.82) is 0 Å². The van der Waals surface area contributed by atoms with Crippen LogP contribution in [0.15, 0.2) is 47.0 Å². The van der Waals surface area contributed by atoms with Crippen LogP contribution in [0.3, 0.4) is 0 Å². The Balaban J connectivity index is 0.000000189. The predicted octanol–water partition coefficient (Wildman–Crippen LogP) is 4.74. The maximum absolute atomic E-state index is 10.2. The van der Waals surface area contributed by atoms with Gasteiger partial charge in [-0.25, -0.2) is 9.97 Å². The van der Waals surface area contributed by atoms with Crippen molar-refractivity contribution in [1.82, 2.24) is 20.3 Å². The summed E-state index contributed by atoms with van der Waals surface area (Å²) in [6.45, 7) is 3.05. The van der Waals surface area contributed by atoms with Crippen LogP contribution in [0.2, 0.25) is 0 Å². The van der Waals surface area contributed by atoms with E-state index in [-0.39, 0.29) is 5.75 Å². The normalized spacial score (nSPS) is 17.3. The minimum absolute atomic E-state index is 0.131. The second-order valence-electron chi connectivity index (χ2n) is 7.97. The van der Waals surface area contributed by atoms with Crippen molar-refractivity contribution in [3.8, 4) is 17.0 Å². The molecule has 1 aliphatic carbocycles. The molecule has 1 saturated carbocycles. The molecule has 2 fully saturated rings. The van der Waals surface area contributed by atoms with Crippen molar-refractivity contribution in [2.45, 2.75) is 44.6 Å². The lowest BCUT2D eigenvalue weighted by Gasteiger charge is -2.22. The number of rotatable bonds is 1. The molecular formula is C23H24N4O2. The number of nitrogens with zero attached hydrogens (tertiary/aromatic N) is 3. The van der Waals surface area contributed by atoms with Crippen LogP contribution < -0.4 is 5.32 Å². The van der Waals surface area contributed by atoms with E-state index in [4.69, 9.17) is 4.42 Å². The fourth-order valence-electron chi connectivity index (χ4n) is 4.00. The van der Waals surface area contributed by atoms with Gasteiger partial charge in [0.25, 0.3) is 0 Å². The first kappa shape index (κ1) is 18.1. The highest BCUT2D eigenvalue weighted by Crippen LogP contribution is 2.41. The summed E-state index contributed by atoms with van der Waals surface area (Å²) in [6.07, 6.45) is 8.95. The monoisotopic (exact) mass is 388 g/mol. The summed E-state index contributed by atoms with van der Waals surface area (Å²) in [7, 11) is 0. The molecule has 2 aliphatic rings. The first-order chi connectivity index (χ1) is 14.1. The first-order valence-electron chi connectivity index (χ1n) is 10.2. The molecule has 148 valence electrons.